The third kappa shape index (κ3) is 4.00. The van der Waals surface area contributed by atoms with Crippen LogP contribution in [0, 0.1) is 11.6 Å². The lowest BCUT2D eigenvalue weighted by atomic mass is 10.2. The number of anilines is 1. The number of carbonyl (C=O) groups excluding carboxylic acids is 1. The van der Waals surface area contributed by atoms with Crippen LogP contribution >= 0.6 is 11.3 Å². The van der Waals surface area contributed by atoms with Crippen LogP contribution in [0.1, 0.15) is 11.9 Å². The van der Waals surface area contributed by atoms with E-state index < -0.39 is 17.7 Å². The Bertz CT molecular complexity index is 879. The van der Waals surface area contributed by atoms with Crippen molar-refractivity contribution >= 4 is 33.1 Å². The second-order valence-electron chi connectivity index (χ2n) is 5.78. The lowest BCUT2D eigenvalue weighted by Crippen LogP contribution is -2.39. The van der Waals surface area contributed by atoms with E-state index in [1.54, 1.807) is 25.3 Å². The van der Waals surface area contributed by atoms with Crippen molar-refractivity contribution in [1.82, 2.24) is 9.88 Å². The molecule has 1 N–H and O–H groups in total. The highest BCUT2D eigenvalue weighted by molar-refractivity contribution is 7.18. The van der Waals surface area contributed by atoms with Gasteiger partial charge in [0.1, 0.15) is 16.6 Å². The summed E-state index contributed by atoms with van der Waals surface area (Å²) in [6.45, 7) is 2.23. The number of amides is 1. The third-order valence-electron chi connectivity index (χ3n) is 3.95. The number of hydrogen-bond acceptors (Lipinski definition) is 4. The number of nitrogens with one attached hydrogen (secondary N) is 1. The normalized spacial score (nSPS) is 12.5. The average molecular weight is 361 g/mol. The van der Waals surface area contributed by atoms with Gasteiger partial charge in [-0.15, -0.1) is 11.3 Å². The number of likely N-dealkylation sites (N-methyl/N-ethyl adjacent to an activating group) is 1. The zero-order chi connectivity index (χ0) is 18.0. The Morgan fingerprint density at radius 2 is 2.04 bits per heavy atom. The molecule has 0 aliphatic rings. The first kappa shape index (κ1) is 17.4. The number of halogens is 2. The summed E-state index contributed by atoms with van der Waals surface area (Å²) in [7, 11) is 1.80. The molecule has 0 radical (unpaired) electrons. The van der Waals surface area contributed by atoms with Crippen molar-refractivity contribution in [2.45, 2.75) is 19.5 Å². The highest BCUT2D eigenvalue weighted by atomic mass is 32.1. The number of rotatable bonds is 5. The van der Waals surface area contributed by atoms with E-state index in [-0.39, 0.29) is 11.6 Å². The number of para-hydroxylation sites is 1. The van der Waals surface area contributed by atoms with E-state index in [0.717, 1.165) is 27.4 Å². The van der Waals surface area contributed by atoms with Crippen LogP contribution in [0.15, 0.2) is 42.5 Å². The highest BCUT2D eigenvalue weighted by Gasteiger charge is 2.20. The summed E-state index contributed by atoms with van der Waals surface area (Å²) >= 11 is 1.58. The number of aromatic nitrogens is 1. The number of benzene rings is 2. The fraction of sp³-hybridized carbons (Fsp3) is 0.222. The fourth-order valence-electron chi connectivity index (χ4n) is 2.37. The van der Waals surface area contributed by atoms with Crippen molar-refractivity contribution < 1.29 is 13.6 Å². The number of fused-ring (bicyclic) bond motifs is 1. The molecule has 4 nitrogen and oxygen atoms in total. The summed E-state index contributed by atoms with van der Waals surface area (Å²) in [5.74, 6) is -1.85. The maximum Gasteiger partial charge on any atom is 0.241 e. The van der Waals surface area contributed by atoms with Crippen LogP contribution in [0.25, 0.3) is 10.2 Å². The average Bonchev–Trinajstić information content (AvgIpc) is 2.98. The van der Waals surface area contributed by atoms with Gasteiger partial charge in [-0.2, -0.15) is 0 Å². The monoisotopic (exact) mass is 361 g/mol. The van der Waals surface area contributed by atoms with Gasteiger partial charge in [-0.25, -0.2) is 13.8 Å². The molecule has 0 bridgehead atoms. The Morgan fingerprint density at radius 1 is 1.28 bits per heavy atom. The molecule has 7 heteroatoms. The first-order valence-electron chi connectivity index (χ1n) is 7.74. The minimum atomic E-state index is -0.797. The van der Waals surface area contributed by atoms with Crippen LogP contribution in [0.3, 0.4) is 0 Å². The van der Waals surface area contributed by atoms with E-state index in [0.29, 0.717) is 6.54 Å². The molecule has 130 valence electrons. The van der Waals surface area contributed by atoms with Gasteiger partial charge < -0.3 is 5.32 Å². The van der Waals surface area contributed by atoms with Crippen LogP contribution in [0.4, 0.5) is 14.5 Å². The van der Waals surface area contributed by atoms with Gasteiger partial charge >= 0.3 is 0 Å². The zero-order valence-corrected chi connectivity index (χ0v) is 14.6. The van der Waals surface area contributed by atoms with Crippen molar-refractivity contribution in [3.05, 3.63) is 59.1 Å². The van der Waals surface area contributed by atoms with E-state index >= 15 is 0 Å². The molecule has 1 atom stereocenters. The molecular formula is C18H17F2N3OS. The zero-order valence-electron chi connectivity index (χ0n) is 13.8. The Balaban J connectivity index is 1.66. The topological polar surface area (TPSA) is 45.2 Å². The van der Waals surface area contributed by atoms with Crippen molar-refractivity contribution in [3.63, 3.8) is 0 Å². The maximum absolute atomic E-state index is 13.7. The van der Waals surface area contributed by atoms with Gasteiger partial charge in [0.15, 0.2) is 0 Å². The Labute approximate surface area is 148 Å². The molecule has 0 saturated heterocycles. The van der Waals surface area contributed by atoms with Gasteiger partial charge in [-0.1, -0.05) is 12.1 Å². The molecule has 0 fully saturated rings. The Kier molecular flexibility index (Phi) is 5.06. The van der Waals surface area contributed by atoms with Crippen molar-refractivity contribution in [2.24, 2.45) is 0 Å². The molecule has 2 aromatic carbocycles. The van der Waals surface area contributed by atoms with Gasteiger partial charge in [-0.05, 0) is 38.2 Å². The number of carbonyl (C=O) groups is 1. The van der Waals surface area contributed by atoms with Crippen LogP contribution < -0.4 is 5.32 Å². The second kappa shape index (κ2) is 7.25. The molecule has 1 amide bonds. The summed E-state index contributed by atoms with van der Waals surface area (Å²) in [5, 5.41) is 3.39. The molecule has 1 aromatic heterocycles. The maximum atomic E-state index is 13.7. The smallest absolute Gasteiger partial charge is 0.241 e. The van der Waals surface area contributed by atoms with Crippen LogP contribution in [0.5, 0.6) is 0 Å². The quantitative estimate of drug-likeness (QED) is 0.746. The first-order chi connectivity index (χ1) is 11.9. The van der Waals surface area contributed by atoms with Crippen molar-refractivity contribution in [2.75, 3.05) is 12.4 Å². The SMILES string of the molecule is C[C@H](C(=O)Nc1ccc(F)cc1F)N(C)Cc1nc2ccccc2s1. The molecule has 3 aromatic rings. The number of thiazole rings is 1. The summed E-state index contributed by atoms with van der Waals surface area (Å²) in [5.41, 5.74) is 0.896. The standard InChI is InChI=1S/C18H17F2N3OS/c1-11(18(24)22-14-8-7-12(19)9-13(14)20)23(2)10-17-21-15-5-3-4-6-16(15)25-17/h3-9,11H,10H2,1-2H3,(H,22,24)/t11-/m1/s1. The molecule has 0 aliphatic carbocycles. The van der Waals surface area contributed by atoms with Gasteiger partial charge in [0.2, 0.25) is 5.91 Å². The highest BCUT2D eigenvalue weighted by Crippen LogP contribution is 2.23. The summed E-state index contributed by atoms with van der Waals surface area (Å²) in [6, 6.07) is 10.4. The minimum Gasteiger partial charge on any atom is -0.322 e. The summed E-state index contributed by atoms with van der Waals surface area (Å²) in [4.78, 5) is 18.7. The van der Waals surface area contributed by atoms with E-state index in [1.165, 1.54) is 6.07 Å². The molecule has 0 aliphatic heterocycles. The second-order valence-corrected chi connectivity index (χ2v) is 6.90. The van der Waals surface area contributed by atoms with Crippen LogP contribution in [-0.4, -0.2) is 28.9 Å². The third-order valence-corrected chi connectivity index (χ3v) is 4.97. The molecule has 0 unspecified atom stereocenters. The van der Waals surface area contributed by atoms with E-state index in [2.05, 4.69) is 10.3 Å². The van der Waals surface area contributed by atoms with E-state index in [9.17, 15) is 13.6 Å². The van der Waals surface area contributed by atoms with Gasteiger partial charge in [0.25, 0.3) is 0 Å². The van der Waals surface area contributed by atoms with Gasteiger partial charge in [0.05, 0.1) is 28.5 Å². The molecule has 0 saturated carbocycles. The Hall–Kier alpha value is -2.38. The predicted octanol–water partition coefficient (Wildman–Crippen LogP) is 4.03. The molecule has 3 rings (SSSR count). The van der Waals surface area contributed by atoms with Crippen LogP contribution in [-0.2, 0) is 11.3 Å². The van der Waals surface area contributed by atoms with E-state index in [1.807, 2.05) is 29.2 Å². The lowest BCUT2D eigenvalue weighted by molar-refractivity contribution is -0.120. The summed E-state index contributed by atoms with van der Waals surface area (Å²) in [6.07, 6.45) is 0. The minimum absolute atomic E-state index is 0.0355. The summed E-state index contributed by atoms with van der Waals surface area (Å²) < 4.78 is 27.7. The van der Waals surface area contributed by atoms with Gasteiger partial charge in [0, 0.05) is 6.07 Å². The number of nitrogens with zero attached hydrogens (tertiary/aromatic N) is 2. The lowest BCUT2D eigenvalue weighted by Gasteiger charge is -2.22. The first-order valence-corrected chi connectivity index (χ1v) is 8.56. The van der Waals surface area contributed by atoms with Gasteiger partial charge in [-0.3, -0.25) is 9.69 Å². The fourth-order valence-corrected chi connectivity index (χ4v) is 3.40. The van der Waals surface area contributed by atoms with Crippen molar-refractivity contribution in [3.8, 4) is 0 Å². The molecule has 0 spiro atoms. The largest absolute Gasteiger partial charge is 0.322 e. The molecular weight excluding hydrogens is 344 g/mol. The Morgan fingerprint density at radius 3 is 2.76 bits per heavy atom. The van der Waals surface area contributed by atoms with E-state index in [4.69, 9.17) is 0 Å². The molecule has 1 heterocycles. The number of hydrogen-bond donors (Lipinski definition) is 1. The van der Waals surface area contributed by atoms with Crippen LogP contribution in [0.2, 0.25) is 0 Å². The molecule has 25 heavy (non-hydrogen) atoms. The predicted molar refractivity (Wildman–Crippen MR) is 95.5 cm³/mol. The van der Waals surface area contributed by atoms with Crippen molar-refractivity contribution in [1.29, 1.82) is 0 Å².